The number of nitrogens with one attached hydrogen (secondary N) is 1. The third-order valence-corrected chi connectivity index (χ3v) is 7.97. The molecule has 164 valence electrons. The number of carbonyl (C=O) groups is 1. The van der Waals surface area contributed by atoms with Gasteiger partial charge in [0.25, 0.3) is 0 Å². The van der Waals surface area contributed by atoms with Crippen molar-refractivity contribution in [2.24, 2.45) is 4.99 Å². The molecule has 0 bridgehead atoms. The molecule has 0 aromatic heterocycles. The van der Waals surface area contributed by atoms with Gasteiger partial charge >= 0.3 is 0 Å². The van der Waals surface area contributed by atoms with Crippen LogP contribution in [0.1, 0.15) is 18.1 Å². The number of aliphatic imine (C=N–C) groups is 1. The topological polar surface area (TPSA) is 82.1 Å². The van der Waals surface area contributed by atoms with Gasteiger partial charge in [-0.15, -0.1) is 0 Å². The van der Waals surface area contributed by atoms with E-state index in [2.05, 4.69) is 16.9 Å². The van der Waals surface area contributed by atoms with Crippen molar-refractivity contribution < 1.29 is 13.2 Å². The highest BCUT2D eigenvalue weighted by molar-refractivity contribution is 8.14. The van der Waals surface area contributed by atoms with Crippen LogP contribution >= 0.6 is 11.8 Å². The monoisotopic (exact) mass is 458 g/mol. The summed E-state index contributed by atoms with van der Waals surface area (Å²) in [6.45, 7) is 7.74. The van der Waals surface area contributed by atoms with Crippen molar-refractivity contribution in [3.63, 3.8) is 0 Å². The minimum Gasteiger partial charge on any atom is -0.325 e. The van der Waals surface area contributed by atoms with Crippen molar-refractivity contribution in [3.05, 3.63) is 60.2 Å². The molecule has 1 aliphatic rings. The highest BCUT2D eigenvalue weighted by Gasteiger charge is 2.26. The Bertz CT molecular complexity index is 1170. The lowest BCUT2D eigenvalue weighted by molar-refractivity contribution is -0.115. The predicted octanol–water partition coefficient (Wildman–Crippen LogP) is 3.91. The van der Waals surface area contributed by atoms with Crippen LogP contribution in [0.25, 0.3) is 5.70 Å². The van der Waals surface area contributed by atoms with Gasteiger partial charge in [-0.2, -0.15) is 0 Å². The van der Waals surface area contributed by atoms with E-state index in [1.807, 2.05) is 43.1 Å². The zero-order valence-corrected chi connectivity index (χ0v) is 19.8. The van der Waals surface area contributed by atoms with E-state index in [-0.39, 0.29) is 10.8 Å². The molecule has 2 aromatic carbocycles. The molecule has 7 nitrogen and oxygen atoms in total. The van der Waals surface area contributed by atoms with E-state index >= 15 is 0 Å². The quantitative estimate of drug-likeness (QED) is 0.735. The van der Waals surface area contributed by atoms with Crippen molar-refractivity contribution in [3.8, 4) is 0 Å². The second kappa shape index (κ2) is 8.86. The molecular formula is C22H26N4O3S2. The summed E-state index contributed by atoms with van der Waals surface area (Å²) in [4.78, 5) is 19.5. The molecule has 1 N–H and O–H groups in total. The second-order valence-electron chi connectivity index (χ2n) is 7.43. The van der Waals surface area contributed by atoms with Gasteiger partial charge in [0.05, 0.1) is 15.8 Å². The summed E-state index contributed by atoms with van der Waals surface area (Å²) in [7, 11) is 1.22. The van der Waals surface area contributed by atoms with Gasteiger partial charge in [-0.05, 0) is 37.6 Å². The van der Waals surface area contributed by atoms with Crippen LogP contribution in [0.4, 0.5) is 11.4 Å². The number of fused-ring (bicyclic) bond motifs is 1. The first-order valence-electron chi connectivity index (χ1n) is 9.64. The smallest absolute Gasteiger partial charge is 0.242 e. The molecule has 31 heavy (non-hydrogen) atoms. The molecule has 2 aromatic rings. The van der Waals surface area contributed by atoms with Gasteiger partial charge < -0.3 is 10.2 Å². The largest absolute Gasteiger partial charge is 0.325 e. The lowest BCUT2D eigenvalue weighted by Gasteiger charge is -2.29. The Hall–Kier alpha value is -2.62. The lowest BCUT2D eigenvalue weighted by Crippen LogP contribution is -2.30. The van der Waals surface area contributed by atoms with Gasteiger partial charge in [0.15, 0.2) is 5.17 Å². The summed E-state index contributed by atoms with van der Waals surface area (Å²) in [6.07, 6.45) is 0. The van der Waals surface area contributed by atoms with E-state index in [1.165, 1.54) is 38.0 Å². The Kier molecular flexibility index (Phi) is 6.59. The van der Waals surface area contributed by atoms with Crippen LogP contribution in [-0.4, -0.2) is 55.1 Å². The third kappa shape index (κ3) is 4.68. The number of amidine groups is 1. The number of amides is 1. The SMILES string of the molecule is C=C1c2ccccc2N=C(SC(C)C(=O)Nc2cc(S(=O)(=O)N(C)C)ccc2C)N1C. The van der Waals surface area contributed by atoms with E-state index < -0.39 is 15.3 Å². The van der Waals surface area contributed by atoms with Gasteiger partial charge in [-0.25, -0.2) is 17.7 Å². The fourth-order valence-corrected chi connectivity index (χ4v) is 4.78. The van der Waals surface area contributed by atoms with Crippen molar-refractivity contribution in [2.45, 2.75) is 24.0 Å². The van der Waals surface area contributed by atoms with Gasteiger partial charge in [0.2, 0.25) is 15.9 Å². The minimum absolute atomic E-state index is 0.128. The highest BCUT2D eigenvalue weighted by Crippen LogP contribution is 2.35. The normalized spacial score (nSPS) is 14.8. The van der Waals surface area contributed by atoms with E-state index in [0.717, 1.165) is 26.8 Å². The fraction of sp³-hybridized carbons (Fsp3) is 0.273. The van der Waals surface area contributed by atoms with Crippen LogP contribution < -0.4 is 5.32 Å². The van der Waals surface area contributed by atoms with Gasteiger partial charge in [0.1, 0.15) is 0 Å². The number of thioether (sulfide) groups is 1. The summed E-state index contributed by atoms with van der Waals surface area (Å²) >= 11 is 1.32. The summed E-state index contributed by atoms with van der Waals surface area (Å²) in [5.74, 6) is -0.243. The molecule has 1 aliphatic heterocycles. The molecule has 0 saturated carbocycles. The average Bonchev–Trinajstić information content (AvgIpc) is 2.73. The number of aryl methyl sites for hydroxylation is 1. The van der Waals surface area contributed by atoms with E-state index in [4.69, 9.17) is 0 Å². The number of hydrogen-bond donors (Lipinski definition) is 1. The van der Waals surface area contributed by atoms with Gasteiger partial charge in [-0.3, -0.25) is 4.79 Å². The van der Waals surface area contributed by atoms with Crippen LogP contribution in [0.15, 0.2) is 58.9 Å². The van der Waals surface area contributed by atoms with E-state index in [0.29, 0.717) is 10.9 Å². The summed E-state index contributed by atoms with van der Waals surface area (Å²) < 4.78 is 26.0. The Balaban J connectivity index is 1.79. The number of rotatable bonds is 5. The first-order valence-corrected chi connectivity index (χ1v) is 12.0. The second-order valence-corrected chi connectivity index (χ2v) is 10.9. The van der Waals surface area contributed by atoms with Crippen LogP contribution in [0, 0.1) is 6.92 Å². The number of anilines is 1. The first-order chi connectivity index (χ1) is 14.5. The number of hydrogen-bond acceptors (Lipinski definition) is 6. The van der Waals surface area contributed by atoms with Gasteiger partial charge in [-0.1, -0.05) is 42.6 Å². The number of nitrogens with zero attached hydrogens (tertiary/aromatic N) is 3. The fourth-order valence-electron chi connectivity index (χ4n) is 2.95. The van der Waals surface area contributed by atoms with Gasteiger partial charge in [0, 0.05) is 38.1 Å². The molecule has 0 spiro atoms. The molecule has 1 unspecified atom stereocenters. The molecule has 0 saturated heterocycles. The molecule has 1 amide bonds. The summed E-state index contributed by atoms with van der Waals surface area (Å²) in [5, 5.41) is 3.07. The van der Waals surface area contributed by atoms with E-state index in [1.54, 1.807) is 13.0 Å². The maximum absolute atomic E-state index is 12.9. The maximum atomic E-state index is 12.9. The van der Waals surface area contributed by atoms with Crippen LogP contribution in [0.2, 0.25) is 0 Å². The van der Waals surface area contributed by atoms with E-state index in [9.17, 15) is 13.2 Å². The van der Waals surface area contributed by atoms with Crippen molar-refractivity contribution >= 4 is 49.9 Å². The standard InChI is InChI=1S/C22H26N4O3S2/c1-14-11-12-17(31(28,29)25(4)5)13-20(14)23-21(27)16(3)30-22-24-19-10-8-7-9-18(19)15(2)26(22)6/h7-13,16H,2H2,1,3-6H3,(H,23,27). The van der Waals surface area contributed by atoms with Crippen molar-refractivity contribution in [2.75, 3.05) is 26.5 Å². The molecular weight excluding hydrogens is 432 g/mol. The molecule has 3 rings (SSSR count). The Labute approximate surface area is 187 Å². The summed E-state index contributed by atoms with van der Waals surface area (Å²) in [5.41, 5.74) is 3.84. The maximum Gasteiger partial charge on any atom is 0.242 e. The Morgan fingerprint density at radius 1 is 1.23 bits per heavy atom. The molecule has 0 fully saturated rings. The zero-order valence-electron chi connectivity index (χ0n) is 18.2. The third-order valence-electron chi connectivity index (χ3n) is 5.02. The molecule has 1 heterocycles. The highest BCUT2D eigenvalue weighted by atomic mass is 32.2. The summed E-state index contributed by atoms with van der Waals surface area (Å²) in [6, 6.07) is 12.4. The Morgan fingerprint density at radius 2 is 1.90 bits per heavy atom. The van der Waals surface area contributed by atoms with Crippen molar-refractivity contribution in [1.82, 2.24) is 9.21 Å². The minimum atomic E-state index is -3.60. The zero-order chi connectivity index (χ0) is 22.9. The Morgan fingerprint density at radius 3 is 2.58 bits per heavy atom. The van der Waals surface area contributed by atoms with Crippen molar-refractivity contribution in [1.29, 1.82) is 0 Å². The molecule has 1 atom stereocenters. The van der Waals surface area contributed by atoms with Crippen LogP contribution in [0.3, 0.4) is 0 Å². The predicted molar refractivity (Wildman–Crippen MR) is 128 cm³/mol. The molecule has 9 heteroatoms. The van der Waals surface area contributed by atoms with Crippen LogP contribution in [-0.2, 0) is 14.8 Å². The average molecular weight is 459 g/mol. The lowest BCUT2D eigenvalue weighted by atomic mass is 10.1. The van der Waals surface area contributed by atoms with Crippen LogP contribution in [0.5, 0.6) is 0 Å². The number of para-hydroxylation sites is 1. The number of benzene rings is 2. The number of carbonyl (C=O) groups excluding carboxylic acids is 1. The molecule has 0 aliphatic carbocycles. The number of sulfonamides is 1. The molecule has 0 radical (unpaired) electrons. The first kappa shape index (κ1) is 23.1.